The topological polar surface area (TPSA) is 100 Å². The third-order valence-corrected chi connectivity index (χ3v) is 5.85. The number of nitrogens with two attached hydrogens (primary N) is 2. The van der Waals surface area contributed by atoms with Gasteiger partial charge in [0.25, 0.3) is 0 Å². The lowest BCUT2D eigenvalue weighted by atomic mass is 10.1. The number of rotatable bonds is 4. The summed E-state index contributed by atoms with van der Waals surface area (Å²) in [6, 6.07) is 6.62. The molecule has 2 aliphatic carbocycles. The lowest BCUT2D eigenvalue weighted by molar-refractivity contribution is 0.0732. The molecule has 1 heterocycles. The summed E-state index contributed by atoms with van der Waals surface area (Å²) < 4.78 is 49.1. The summed E-state index contributed by atoms with van der Waals surface area (Å²) in [5.41, 5.74) is 9.71. The molecular weight excluding hydrogens is 411 g/mol. The standard InChI is InChI=1S/C22H18F3N3O3/c23-16-17(24)19(27)15-20(18(16)25)28(10-3-4-10)8-13(21(15)29)22(30)31-11-5-1-9(2-6-11)12-7-14(12)26/h1-2,5-6,8,10,12,14H,3-4,7,26-27H2/t12-,14+/m1/s1. The minimum Gasteiger partial charge on any atom is -0.423 e. The number of carbonyl (C=O) groups excluding carboxylic acids is 1. The SMILES string of the molecule is Nc1c(F)c(F)c(F)c2c1c(=O)c(C(=O)Oc1ccc([C@H]3C[C@@H]3N)cc1)cn2C1CC1. The second-order valence-electron chi connectivity index (χ2n) is 8.05. The number of nitrogens with zero attached hydrogens (tertiary/aromatic N) is 1. The molecule has 2 aromatic carbocycles. The van der Waals surface area contributed by atoms with Crippen molar-refractivity contribution in [3.63, 3.8) is 0 Å². The van der Waals surface area contributed by atoms with Crippen LogP contribution in [0.3, 0.4) is 0 Å². The molecule has 0 aliphatic heterocycles. The van der Waals surface area contributed by atoms with Gasteiger partial charge >= 0.3 is 5.97 Å². The normalized spacial score (nSPS) is 20.1. The first-order chi connectivity index (χ1) is 14.8. The third-order valence-electron chi connectivity index (χ3n) is 5.85. The second kappa shape index (κ2) is 6.84. The maximum absolute atomic E-state index is 14.5. The molecule has 2 saturated carbocycles. The van der Waals surface area contributed by atoms with Crippen LogP contribution in [-0.4, -0.2) is 16.6 Å². The molecule has 4 N–H and O–H groups in total. The Bertz CT molecular complexity index is 1300. The Labute approximate surface area is 174 Å². The lowest BCUT2D eigenvalue weighted by Gasteiger charge is -2.15. The van der Waals surface area contributed by atoms with Gasteiger partial charge in [0, 0.05) is 24.2 Å². The van der Waals surface area contributed by atoms with Crippen molar-refractivity contribution in [2.75, 3.05) is 5.73 Å². The molecule has 160 valence electrons. The van der Waals surface area contributed by atoms with Crippen LogP contribution in [0.15, 0.2) is 35.3 Å². The maximum Gasteiger partial charge on any atom is 0.349 e. The van der Waals surface area contributed by atoms with Crippen LogP contribution in [0.25, 0.3) is 10.9 Å². The Balaban J connectivity index is 1.57. The molecule has 2 atom stereocenters. The number of nitrogen functional groups attached to an aromatic ring is 1. The zero-order chi connectivity index (χ0) is 22.0. The van der Waals surface area contributed by atoms with E-state index in [0.717, 1.165) is 18.2 Å². The minimum atomic E-state index is -1.76. The molecule has 0 spiro atoms. The molecule has 0 radical (unpaired) electrons. The van der Waals surface area contributed by atoms with E-state index in [0.29, 0.717) is 12.8 Å². The first kappa shape index (κ1) is 19.6. The number of fused-ring (bicyclic) bond motifs is 1. The van der Waals surface area contributed by atoms with Crippen molar-refractivity contribution >= 4 is 22.6 Å². The largest absolute Gasteiger partial charge is 0.423 e. The molecule has 2 aliphatic rings. The molecule has 9 heteroatoms. The summed E-state index contributed by atoms with van der Waals surface area (Å²) in [6.45, 7) is 0. The number of pyridine rings is 1. The van der Waals surface area contributed by atoms with Gasteiger partial charge in [-0.25, -0.2) is 18.0 Å². The van der Waals surface area contributed by atoms with Crippen molar-refractivity contribution in [2.45, 2.75) is 37.3 Å². The smallest absolute Gasteiger partial charge is 0.349 e. The number of ether oxygens (including phenoxy) is 1. The molecule has 0 amide bonds. The van der Waals surface area contributed by atoms with Gasteiger partial charge in [-0.05, 0) is 37.0 Å². The van der Waals surface area contributed by atoms with Crippen LogP contribution >= 0.6 is 0 Å². The summed E-state index contributed by atoms with van der Waals surface area (Å²) in [5.74, 6) is -5.45. The van der Waals surface area contributed by atoms with E-state index < -0.39 is 51.0 Å². The first-order valence-corrected chi connectivity index (χ1v) is 9.86. The third kappa shape index (κ3) is 3.16. The van der Waals surface area contributed by atoms with Crippen molar-refractivity contribution in [2.24, 2.45) is 5.73 Å². The van der Waals surface area contributed by atoms with Crippen molar-refractivity contribution in [1.82, 2.24) is 4.57 Å². The molecule has 5 rings (SSSR count). The number of aromatic nitrogens is 1. The molecule has 0 bridgehead atoms. The lowest BCUT2D eigenvalue weighted by Crippen LogP contribution is -2.24. The summed E-state index contributed by atoms with van der Waals surface area (Å²) in [4.78, 5) is 25.7. The van der Waals surface area contributed by atoms with E-state index >= 15 is 0 Å². The zero-order valence-electron chi connectivity index (χ0n) is 16.2. The fraction of sp³-hybridized carbons (Fsp3) is 0.273. The molecular formula is C22H18F3N3O3. The molecule has 0 saturated heterocycles. The van der Waals surface area contributed by atoms with Crippen molar-refractivity contribution in [3.8, 4) is 5.75 Å². The monoisotopic (exact) mass is 429 g/mol. The highest BCUT2D eigenvalue weighted by molar-refractivity contribution is 5.99. The molecule has 1 aromatic heterocycles. The molecule has 6 nitrogen and oxygen atoms in total. The Morgan fingerprint density at radius 3 is 2.29 bits per heavy atom. The van der Waals surface area contributed by atoms with E-state index in [-0.39, 0.29) is 23.8 Å². The van der Waals surface area contributed by atoms with Crippen LogP contribution < -0.4 is 21.6 Å². The highest BCUT2D eigenvalue weighted by Gasteiger charge is 2.35. The van der Waals surface area contributed by atoms with Gasteiger partial charge in [-0.15, -0.1) is 0 Å². The average molecular weight is 429 g/mol. The maximum atomic E-state index is 14.5. The number of carbonyl (C=O) groups is 1. The van der Waals surface area contributed by atoms with Gasteiger partial charge in [-0.3, -0.25) is 4.79 Å². The molecule has 3 aromatic rings. The number of esters is 1. The Hall–Kier alpha value is -3.33. The highest BCUT2D eigenvalue weighted by atomic mass is 19.2. The molecule has 2 fully saturated rings. The van der Waals surface area contributed by atoms with Crippen LogP contribution in [0.5, 0.6) is 5.75 Å². The number of halogens is 3. The second-order valence-corrected chi connectivity index (χ2v) is 8.05. The minimum absolute atomic E-state index is 0.128. The summed E-state index contributed by atoms with van der Waals surface area (Å²) >= 11 is 0. The fourth-order valence-electron chi connectivity index (χ4n) is 3.86. The van der Waals surface area contributed by atoms with Crippen LogP contribution in [0.1, 0.15) is 47.1 Å². The quantitative estimate of drug-likeness (QED) is 0.287. The Morgan fingerprint density at radius 2 is 1.71 bits per heavy atom. The zero-order valence-corrected chi connectivity index (χ0v) is 16.2. The van der Waals surface area contributed by atoms with Crippen molar-refractivity contribution < 1.29 is 22.7 Å². The first-order valence-electron chi connectivity index (χ1n) is 9.86. The van der Waals surface area contributed by atoms with Gasteiger partial charge in [0.05, 0.1) is 16.6 Å². The summed E-state index contributed by atoms with van der Waals surface area (Å²) in [6.07, 6.45) is 3.29. The van der Waals surface area contributed by atoms with E-state index in [1.165, 1.54) is 4.57 Å². The van der Waals surface area contributed by atoms with Gasteiger partial charge < -0.3 is 20.8 Å². The number of anilines is 1. The fourth-order valence-corrected chi connectivity index (χ4v) is 3.86. The summed E-state index contributed by atoms with van der Waals surface area (Å²) in [5, 5.41) is -0.573. The van der Waals surface area contributed by atoms with E-state index in [9.17, 15) is 22.8 Å². The van der Waals surface area contributed by atoms with Crippen LogP contribution in [0, 0.1) is 17.5 Å². The molecule has 0 unspecified atom stereocenters. The van der Waals surface area contributed by atoms with Crippen LogP contribution in [-0.2, 0) is 0 Å². The van der Waals surface area contributed by atoms with Gasteiger partial charge in [0.2, 0.25) is 5.43 Å². The number of hydrogen-bond donors (Lipinski definition) is 2. The van der Waals surface area contributed by atoms with Gasteiger partial charge in [0.15, 0.2) is 17.5 Å². The van der Waals surface area contributed by atoms with Gasteiger partial charge in [0.1, 0.15) is 11.3 Å². The van der Waals surface area contributed by atoms with E-state index in [4.69, 9.17) is 16.2 Å². The highest BCUT2D eigenvalue weighted by Crippen LogP contribution is 2.40. The van der Waals surface area contributed by atoms with E-state index in [1.807, 2.05) is 0 Å². The van der Waals surface area contributed by atoms with E-state index in [2.05, 4.69) is 0 Å². The predicted octanol–water partition coefficient (Wildman–Crippen LogP) is 3.37. The number of benzene rings is 2. The van der Waals surface area contributed by atoms with Gasteiger partial charge in [-0.1, -0.05) is 12.1 Å². The summed E-state index contributed by atoms with van der Waals surface area (Å²) in [7, 11) is 0. The number of hydrogen-bond acceptors (Lipinski definition) is 5. The van der Waals surface area contributed by atoms with Crippen molar-refractivity contribution in [3.05, 3.63) is 69.3 Å². The predicted molar refractivity (Wildman–Crippen MR) is 107 cm³/mol. The molecule has 31 heavy (non-hydrogen) atoms. The van der Waals surface area contributed by atoms with Crippen LogP contribution in [0.4, 0.5) is 18.9 Å². The van der Waals surface area contributed by atoms with E-state index in [1.54, 1.807) is 24.3 Å². The average Bonchev–Trinajstić information content (AvgIpc) is 3.68. The van der Waals surface area contributed by atoms with Crippen LogP contribution in [0.2, 0.25) is 0 Å². The van der Waals surface area contributed by atoms with Gasteiger partial charge in [-0.2, -0.15) is 0 Å². The van der Waals surface area contributed by atoms with Crippen molar-refractivity contribution in [1.29, 1.82) is 0 Å². The Kier molecular flexibility index (Phi) is 4.33. The Morgan fingerprint density at radius 1 is 1.06 bits per heavy atom.